The zero-order valence-electron chi connectivity index (χ0n) is 11.6. The first-order chi connectivity index (χ1) is 9.52. The predicted molar refractivity (Wildman–Crippen MR) is 84.5 cm³/mol. The number of Topliss-reactive ketones (excluding diaryl/α,β-unsaturated/α-hetero) is 1. The second kappa shape index (κ2) is 6.56. The van der Waals surface area contributed by atoms with Crippen molar-refractivity contribution in [2.24, 2.45) is 0 Å². The molecule has 0 N–H and O–H groups in total. The molecule has 0 fully saturated rings. The van der Waals surface area contributed by atoms with E-state index in [0.717, 1.165) is 26.8 Å². The Kier molecular flexibility index (Phi) is 5.01. The van der Waals surface area contributed by atoms with Crippen molar-refractivity contribution in [3.05, 3.63) is 59.0 Å². The van der Waals surface area contributed by atoms with Gasteiger partial charge in [0.25, 0.3) is 0 Å². The molecule has 3 heteroatoms. The molecule has 0 aliphatic rings. The number of carbonyl (C=O) groups excluding carboxylic acids is 1. The summed E-state index contributed by atoms with van der Waals surface area (Å²) in [5.74, 6) is 0.134. The van der Waals surface area contributed by atoms with Gasteiger partial charge in [-0.05, 0) is 0 Å². The molecule has 0 aliphatic carbocycles. The van der Waals surface area contributed by atoms with Gasteiger partial charge in [0, 0.05) is 0 Å². The number of ketones is 1. The Morgan fingerprint density at radius 3 is 2.85 bits per heavy atom. The zero-order chi connectivity index (χ0) is 14.7. The Hall–Kier alpha value is -1.11. The van der Waals surface area contributed by atoms with E-state index in [1.54, 1.807) is 11.3 Å². The van der Waals surface area contributed by atoms with E-state index < -0.39 is 0 Å². The number of aryl methyl sites for hydroxylation is 1. The second-order valence-corrected chi connectivity index (χ2v) is 7.18. The Labute approximate surface area is 134 Å². The number of hydrogen-bond donors (Lipinski definition) is 0. The standard InChI is InChI=1S/C17H16OS.W/c1-4-12(2)6-5-7-16(18)15-11-19-17-10-13(3)8-9-14(15)17;/h5-6,8-11H,2,4H2,1,3H3;. The SMILES string of the molecule is C=C(C=C[C](=[W])C(=O)c1csc2cc(C)ccc12)CC. The third kappa shape index (κ3) is 3.31. The van der Waals surface area contributed by atoms with Crippen LogP contribution in [0.4, 0.5) is 0 Å². The van der Waals surface area contributed by atoms with Crippen molar-refractivity contribution in [3.8, 4) is 0 Å². The normalized spacial score (nSPS) is 11.1. The van der Waals surface area contributed by atoms with Crippen molar-refractivity contribution >= 4 is 31.1 Å². The minimum atomic E-state index is 0.134. The fourth-order valence-corrected chi connectivity index (χ4v) is 3.51. The van der Waals surface area contributed by atoms with E-state index in [4.69, 9.17) is 0 Å². The van der Waals surface area contributed by atoms with E-state index in [1.807, 2.05) is 23.6 Å². The van der Waals surface area contributed by atoms with Crippen LogP contribution in [0.2, 0.25) is 0 Å². The molecule has 0 unspecified atom stereocenters. The summed E-state index contributed by atoms with van der Waals surface area (Å²) >= 11 is 2.83. The van der Waals surface area contributed by atoms with Gasteiger partial charge >= 0.3 is 135 Å². The van der Waals surface area contributed by atoms with Crippen LogP contribution in [0.3, 0.4) is 0 Å². The maximum atomic E-state index is 12.5. The van der Waals surface area contributed by atoms with Crippen LogP contribution in [0.5, 0.6) is 0 Å². The molecule has 0 amide bonds. The van der Waals surface area contributed by atoms with E-state index in [1.165, 1.54) is 29.6 Å². The third-order valence-electron chi connectivity index (χ3n) is 3.12. The molecule has 0 atom stereocenters. The molecule has 0 radical (unpaired) electrons. The van der Waals surface area contributed by atoms with Crippen LogP contribution < -0.4 is 0 Å². The van der Waals surface area contributed by atoms with Crippen molar-refractivity contribution in [2.75, 3.05) is 0 Å². The first-order valence-electron chi connectivity index (χ1n) is 6.45. The van der Waals surface area contributed by atoms with Gasteiger partial charge in [0.15, 0.2) is 0 Å². The third-order valence-corrected chi connectivity index (χ3v) is 5.22. The Morgan fingerprint density at radius 1 is 1.40 bits per heavy atom. The molecule has 1 heterocycles. The molecule has 1 aromatic carbocycles. The van der Waals surface area contributed by atoms with Gasteiger partial charge in [0.1, 0.15) is 0 Å². The fourth-order valence-electron chi connectivity index (χ4n) is 1.83. The molecule has 2 aromatic rings. The van der Waals surface area contributed by atoms with Gasteiger partial charge in [0.2, 0.25) is 0 Å². The summed E-state index contributed by atoms with van der Waals surface area (Å²) in [5, 5.41) is 3.03. The molecule has 0 bridgehead atoms. The van der Waals surface area contributed by atoms with Crippen molar-refractivity contribution in [3.63, 3.8) is 0 Å². The Bertz CT molecular complexity index is 722. The molecule has 0 saturated carbocycles. The molecule has 20 heavy (non-hydrogen) atoms. The van der Waals surface area contributed by atoms with Gasteiger partial charge in [-0.1, -0.05) is 0 Å². The molecular formula is C17H16OSW. The number of thiophene rings is 1. The van der Waals surface area contributed by atoms with E-state index in [2.05, 4.69) is 32.6 Å². The predicted octanol–water partition coefficient (Wildman–Crippen LogP) is 4.63. The van der Waals surface area contributed by atoms with Crippen LogP contribution in [0.1, 0.15) is 29.3 Å². The molecule has 1 nitrogen and oxygen atoms in total. The Balaban J connectivity index is 2.30. The van der Waals surface area contributed by atoms with Crippen LogP contribution in [0.15, 0.2) is 47.9 Å². The molecular weight excluding hydrogens is 436 g/mol. The monoisotopic (exact) mass is 452 g/mol. The van der Waals surface area contributed by atoms with E-state index in [9.17, 15) is 4.79 Å². The molecule has 1 aromatic heterocycles. The van der Waals surface area contributed by atoms with E-state index in [0.29, 0.717) is 0 Å². The zero-order valence-corrected chi connectivity index (χ0v) is 15.4. The molecule has 102 valence electrons. The topological polar surface area (TPSA) is 17.1 Å². The van der Waals surface area contributed by atoms with Crippen molar-refractivity contribution < 1.29 is 24.1 Å². The van der Waals surface area contributed by atoms with Crippen molar-refractivity contribution in [2.45, 2.75) is 20.3 Å². The van der Waals surface area contributed by atoms with Gasteiger partial charge in [-0.15, -0.1) is 0 Å². The molecule has 0 spiro atoms. The summed E-state index contributed by atoms with van der Waals surface area (Å²) in [6.07, 6.45) is 4.76. The second-order valence-electron chi connectivity index (χ2n) is 4.69. The van der Waals surface area contributed by atoms with Gasteiger partial charge in [-0.2, -0.15) is 0 Å². The molecule has 2 rings (SSSR count). The summed E-state index contributed by atoms with van der Waals surface area (Å²) in [6.45, 7) is 8.06. The van der Waals surface area contributed by atoms with Gasteiger partial charge in [-0.25, -0.2) is 0 Å². The summed E-state index contributed by atoms with van der Waals surface area (Å²) < 4.78 is 2.01. The van der Waals surface area contributed by atoms with Crippen LogP contribution in [0.25, 0.3) is 10.1 Å². The van der Waals surface area contributed by atoms with Crippen molar-refractivity contribution in [1.82, 2.24) is 0 Å². The minimum absolute atomic E-state index is 0.134. The number of fused-ring (bicyclic) bond motifs is 1. The summed E-state index contributed by atoms with van der Waals surface area (Å²) in [7, 11) is 0. The number of allylic oxidation sites excluding steroid dienone is 3. The van der Waals surface area contributed by atoms with Crippen LogP contribution >= 0.6 is 11.3 Å². The van der Waals surface area contributed by atoms with Gasteiger partial charge in [-0.3, -0.25) is 0 Å². The van der Waals surface area contributed by atoms with Gasteiger partial charge < -0.3 is 0 Å². The van der Waals surface area contributed by atoms with E-state index >= 15 is 0 Å². The number of carbonyl (C=O) groups is 1. The number of benzene rings is 1. The summed E-state index contributed by atoms with van der Waals surface area (Å²) in [4.78, 5) is 12.5. The Morgan fingerprint density at radius 2 is 2.15 bits per heavy atom. The summed E-state index contributed by atoms with van der Waals surface area (Å²) in [6, 6.07) is 6.24. The molecule has 0 saturated heterocycles. The van der Waals surface area contributed by atoms with Gasteiger partial charge in [0.05, 0.1) is 0 Å². The quantitative estimate of drug-likeness (QED) is 0.478. The number of hydrogen-bond acceptors (Lipinski definition) is 2. The first-order valence-corrected chi connectivity index (χ1v) is 8.80. The average molecular weight is 452 g/mol. The van der Waals surface area contributed by atoms with Crippen LogP contribution in [-0.4, -0.2) is 9.68 Å². The first kappa shape index (κ1) is 15.3. The van der Waals surface area contributed by atoms with Crippen molar-refractivity contribution in [1.29, 1.82) is 0 Å². The van der Waals surface area contributed by atoms with Crippen LogP contribution in [-0.2, 0) is 19.4 Å². The average Bonchev–Trinajstić information content (AvgIpc) is 2.86. The summed E-state index contributed by atoms with van der Waals surface area (Å²) in [5.41, 5.74) is 3.09. The number of rotatable bonds is 5. The fraction of sp³-hybridized carbons (Fsp3) is 0.176. The molecule has 0 aliphatic heterocycles. The van der Waals surface area contributed by atoms with Crippen LogP contribution in [0, 0.1) is 6.92 Å². The van der Waals surface area contributed by atoms with E-state index in [-0.39, 0.29) is 5.78 Å². The maximum absolute atomic E-state index is 12.5.